The van der Waals surface area contributed by atoms with Gasteiger partial charge in [-0.1, -0.05) is 0 Å². The van der Waals surface area contributed by atoms with Gasteiger partial charge in [0.2, 0.25) is 0 Å². The summed E-state index contributed by atoms with van der Waals surface area (Å²) in [6.45, 7) is 2.55. The Bertz CT molecular complexity index is 261. The molecule has 66 valence electrons. The number of aromatic nitrogens is 2. The maximum absolute atomic E-state index is 5.54. The van der Waals surface area contributed by atoms with Crippen LogP contribution < -0.4 is 5.32 Å². The minimum atomic E-state index is 0.101. The van der Waals surface area contributed by atoms with Gasteiger partial charge in [-0.2, -0.15) is 8.75 Å². The fourth-order valence-electron chi connectivity index (χ4n) is 1.12. The summed E-state index contributed by atoms with van der Waals surface area (Å²) in [5, 5.41) is 3.26. The van der Waals surface area contributed by atoms with Crippen LogP contribution in [0.25, 0.3) is 0 Å². The number of halogens is 1. The van der Waals surface area contributed by atoms with E-state index in [0.29, 0.717) is 0 Å². The van der Waals surface area contributed by atoms with E-state index in [1.54, 1.807) is 0 Å². The van der Waals surface area contributed by atoms with Crippen molar-refractivity contribution in [3.8, 4) is 0 Å². The molecular weight excluding hydrogens is 289 g/mol. The van der Waals surface area contributed by atoms with Gasteiger partial charge >= 0.3 is 0 Å². The first-order valence-electron chi connectivity index (χ1n) is 3.68. The number of hydrogen-bond acceptors (Lipinski definition) is 5. The van der Waals surface area contributed by atoms with Gasteiger partial charge in [-0.25, -0.2) is 0 Å². The van der Waals surface area contributed by atoms with Crippen LogP contribution in [0.5, 0.6) is 0 Å². The van der Waals surface area contributed by atoms with Gasteiger partial charge in [0.05, 0.1) is 18.3 Å². The standard InChI is InChI=1S/C6H8IN3OS/c7-6-5(9-12-10-6)4-3-8-1-2-11-4/h4,8H,1-3H2. The lowest BCUT2D eigenvalue weighted by atomic mass is 10.2. The lowest BCUT2D eigenvalue weighted by molar-refractivity contribution is 0.0249. The van der Waals surface area contributed by atoms with Crippen molar-refractivity contribution in [1.29, 1.82) is 0 Å². The van der Waals surface area contributed by atoms with Gasteiger partial charge in [-0.05, 0) is 22.6 Å². The molecule has 1 aromatic heterocycles. The molecule has 12 heavy (non-hydrogen) atoms. The molecule has 1 atom stereocenters. The summed E-state index contributed by atoms with van der Waals surface area (Å²) in [5.74, 6) is 0. The van der Waals surface area contributed by atoms with E-state index in [9.17, 15) is 0 Å². The normalized spacial score (nSPS) is 24.2. The van der Waals surface area contributed by atoms with E-state index in [2.05, 4.69) is 36.7 Å². The van der Waals surface area contributed by atoms with Crippen LogP contribution in [0.3, 0.4) is 0 Å². The predicted molar refractivity (Wildman–Crippen MR) is 54.2 cm³/mol. The Morgan fingerprint density at radius 3 is 3.08 bits per heavy atom. The zero-order valence-corrected chi connectivity index (χ0v) is 9.26. The van der Waals surface area contributed by atoms with Gasteiger partial charge in [0.1, 0.15) is 15.5 Å². The summed E-state index contributed by atoms with van der Waals surface area (Å²) in [5.41, 5.74) is 0.979. The number of rotatable bonds is 1. The van der Waals surface area contributed by atoms with E-state index < -0.39 is 0 Å². The topological polar surface area (TPSA) is 47.0 Å². The molecule has 1 aromatic rings. The smallest absolute Gasteiger partial charge is 0.141 e. The molecule has 0 bridgehead atoms. The van der Waals surface area contributed by atoms with Crippen molar-refractivity contribution in [3.05, 3.63) is 9.39 Å². The van der Waals surface area contributed by atoms with Gasteiger partial charge in [0.15, 0.2) is 0 Å². The van der Waals surface area contributed by atoms with Gasteiger partial charge in [0.25, 0.3) is 0 Å². The first kappa shape index (κ1) is 8.79. The average molecular weight is 297 g/mol. The average Bonchev–Trinajstić information content (AvgIpc) is 2.53. The molecule has 0 amide bonds. The van der Waals surface area contributed by atoms with Crippen LogP contribution in [0.2, 0.25) is 0 Å². The first-order valence-corrected chi connectivity index (χ1v) is 5.49. The van der Waals surface area contributed by atoms with E-state index in [0.717, 1.165) is 29.1 Å². The third-order valence-corrected chi connectivity index (χ3v) is 3.37. The summed E-state index contributed by atoms with van der Waals surface area (Å²) in [7, 11) is 0. The molecule has 2 heterocycles. The molecule has 1 aliphatic rings. The highest BCUT2D eigenvalue weighted by Gasteiger charge is 2.21. The van der Waals surface area contributed by atoms with Gasteiger partial charge in [-0.3, -0.25) is 0 Å². The first-order chi connectivity index (χ1) is 5.88. The highest BCUT2D eigenvalue weighted by Crippen LogP contribution is 2.21. The quantitative estimate of drug-likeness (QED) is 0.779. The molecule has 1 N–H and O–H groups in total. The number of nitrogens with one attached hydrogen (secondary N) is 1. The summed E-state index contributed by atoms with van der Waals surface area (Å²) in [4.78, 5) is 0. The van der Waals surface area contributed by atoms with Crippen LogP contribution >= 0.6 is 34.3 Å². The van der Waals surface area contributed by atoms with Crippen molar-refractivity contribution >= 4 is 34.3 Å². The Balaban J connectivity index is 2.13. The Labute approximate surface area is 88.2 Å². The molecule has 6 heteroatoms. The zero-order chi connectivity index (χ0) is 8.39. The van der Waals surface area contributed by atoms with Crippen molar-refractivity contribution in [2.75, 3.05) is 19.7 Å². The molecule has 0 aromatic carbocycles. The third kappa shape index (κ3) is 1.76. The van der Waals surface area contributed by atoms with Crippen molar-refractivity contribution < 1.29 is 4.74 Å². The summed E-state index contributed by atoms with van der Waals surface area (Å²) < 4.78 is 14.8. The molecule has 4 nitrogen and oxygen atoms in total. The third-order valence-electron chi connectivity index (χ3n) is 1.70. The number of hydrogen-bond donors (Lipinski definition) is 1. The van der Waals surface area contributed by atoms with Gasteiger partial charge < -0.3 is 10.1 Å². The molecule has 1 saturated heterocycles. The SMILES string of the molecule is Ic1nsnc1C1CNCCO1. The van der Waals surface area contributed by atoms with E-state index in [1.807, 2.05) is 0 Å². The van der Waals surface area contributed by atoms with Gasteiger partial charge in [-0.15, -0.1) is 0 Å². The highest BCUT2D eigenvalue weighted by atomic mass is 127. The van der Waals surface area contributed by atoms with E-state index >= 15 is 0 Å². The Morgan fingerprint density at radius 1 is 1.58 bits per heavy atom. The maximum atomic E-state index is 5.54. The fourth-order valence-corrected chi connectivity index (χ4v) is 2.51. The summed E-state index contributed by atoms with van der Waals surface area (Å²) in [6, 6.07) is 0. The van der Waals surface area contributed by atoms with E-state index in [-0.39, 0.29) is 6.10 Å². The van der Waals surface area contributed by atoms with Crippen LogP contribution in [0, 0.1) is 3.70 Å². The highest BCUT2D eigenvalue weighted by molar-refractivity contribution is 14.1. The van der Waals surface area contributed by atoms with Crippen LogP contribution in [0.4, 0.5) is 0 Å². The Hall–Kier alpha value is 0.210. The molecule has 1 aliphatic heterocycles. The second-order valence-electron chi connectivity index (χ2n) is 2.50. The van der Waals surface area contributed by atoms with Crippen LogP contribution in [-0.4, -0.2) is 28.4 Å². The minimum absolute atomic E-state index is 0.101. The van der Waals surface area contributed by atoms with E-state index in [4.69, 9.17) is 4.74 Å². The Kier molecular flexibility index (Phi) is 2.89. The molecule has 1 fully saturated rings. The van der Waals surface area contributed by atoms with Crippen LogP contribution in [0.15, 0.2) is 0 Å². The number of nitrogens with zero attached hydrogens (tertiary/aromatic N) is 2. The molecule has 0 saturated carbocycles. The molecule has 0 radical (unpaired) electrons. The fraction of sp³-hybridized carbons (Fsp3) is 0.667. The molecule has 0 aliphatic carbocycles. The van der Waals surface area contributed by atoms with Crippen LogP contribution in [0.1, 0.15) is 11.8 Å². The molecular formula is C6H8IN3OS. The lowest BCUT2D eigenvalue weighted by Gasteiger charge is -2.21. The van der Waals surface area contributed by atoms with Crippen molar-refractivity contribution in [2.24, 2.45) is 0 Å². The summed E-state index contributed by atoms with van der Waals surface area (Å²) in [6.07, 6.45) is 0.101. The molecule has 1 unspecified atom stereocenters. The molecule has 2 rings (SSSR count). The van der Waals surface area contributed by atoms with Crippen molar-refractivity contribution in [2.45, 2.75) is 6.10 Å². The van der Waals surface area contributed by atoms with Crippen molar-refractivity contribution in [3.63, 3.8) is 0 Å². The number of ether oxygens (including phenoxy) is 1. The lowest BCUT2D eigenvalue weighted by Crippen LogP contribution is -2.33. The van der Waals surface area contributed by atoms with Gasteiger partial charge in [0, 0.05) is 13.1 Å². The minimum Gasteiger partial charge on any atom is -0.369 e. The second kappa shape index (κ2) is 3.95. The van der Waals surface area contributed by atoms with E-state index in [1.165, 1.54) is 11.7 Å². The monoisotopic (exact) mass is 297 g/mol. The predicted octanol–water partition coefficient (Wildman–Crippen LogP) is 0.804. The Morgan fingerprint density at radius 2 is 2.50 bits per heavy atom. The number of morpholine rings is 1. The zero-order valence-electron chi connectivity index (χ0n) is 6.29. The second-order valence-corrected chi connectivity index (χ2v) is 4.05. The summed E-state index contributed by atoms with van der Waals surface area (Å²) >= 11 is 3.43. The van der Waals surface area contributed by atoms with Crippen LogP contribution in [-0.2, 0) is 4.74 Å². The largest absolute Gasteiger partial charge is 0.369 e. The van der Waals surface area contributed by atoms with Crippen molar-refractivity contribution in [1.82, 2.24) is 14.1 Å². The maximum Gasteiger partial charge on any atom is 0.141 e. The molecule has 0 spiro atoms.